The average Bonchev–Trinajstić information content (AvgIpc) is 2.75. The Hall–Kier alpha value is -1.89. The third kappa shape index (κ3) is 1.78. The third-order valence-corrected chi connectivity index (χ3v) is 2.98. The van der Waals surface area contributed by atoms with Crippen molar-refractivity contribution >= 4 is 22.9 Å². The molecule has 17 heavy (non-hydrogen) atoms. The maximum absolute atomic E-state index is 9.69. The van der Waals surface area contributed by atoms with Gasteiger partial charge in [0.15, 0.2) is 11.5 Å². The molecule has 7 nitrogen and oxygen atoms in total. The molecule has 0 aliphatic carbocycles. The van der Waals surface area contributed by atoms with Crippen LogP contribution < -0.4 is 10.6 Å². The molecule has 0 radical (unpaired) electrons. The fourth-order valence-electron chi connectivity index (χ4n) is 2.21. The molecule has 0 aromatic carbocycles. The third-order valence-electron chi connectivity index (χ3n) is 2.98. The largest absolute Gasteiger partial charge is 0.391 e. The summed E-state index contributed by atoms with van der Waals surface area (Å²) in [6.45, 7) is 1.44. The fourth-order valence-corrected chi connectivity index (χ4v) is 2.21. The van der Waals surface area contributed by atoms with Crippen LogP contribution in [0.25, 0.3) is 11.2 Å². The molecule has 0 amide bonds. The summed E-state index contributed by atoms with van der Waals surface area (Å²) in [5.41, 5.74) is 6.99. The molecule has 1 unspecified atom stereocenters. The van der Waals surface area contributed by atoms with Crippen LogP contribution in [0.2, 0.25) is 0 Å². The zero-order chi connectivity index (χ0) is 11.8. The van der Waals surface area contributed by atoms with Crippen LogP contribution in [0.1, 0.15) is 12.8 Å². The van der Waals surface area contributed by atoms with E-state index in [1.165, 1.54) is 0 Å². The molecule has 0 saturated carbocycles. The van der Waals surface area contributed by atoms with Gasteiger partial charge in [-0.15, -0.1) is 0 Å². The molecule has 0 bridgehead atoms. The van der Waals surface area contributed by atoms with E-state index in [1.807, 2.05) is 4.90 Å². The first-order valence-corrected chi connectivity index (χ1v) is 5.63. The lowest BCUT2D eigenvalue weighted by atomic mass is 10.1. The number of aliphatic hydroxyl groups excluding tert-OH is 1. The monoisotopic (exact) mass is 234 g/mol. The van der Waals surface area contributed by atoms with Crippen molar-refractivity contribution in [3.05, 3.63) is 6.33 Å². The fraction of sp³-hybridized carbons (Fsp3) is 0.500. The summed E-state index contributed by atoms with van der Waals surface area (Å²) < 4.78 is 0. The predicted molar refractivity (Wildman–Crippen MR) is 63.5 cm³/mol. The molecule has 1 aliphatic rings. The van der Waals surface area contributed by atoms with Gasteiger partial charge in [0.1, 0.15) is 5.52 Å². The Bertz CT molecular complexity index is 539. The number of nitrogen functional groups attached to an aromatic ring is 1. The molecule has 1 saturated heterocycles. The van der Waals surface area contributed by atoms with E-state index in [-0.39, 0.29) is 12.1 Å². The minimum atomic E-state index is -0.307. The van der Waals surface area contributed by atoms with Crippen molar-refractivity contribution < 1.29 is 5.11 Å². The minimum absolute atomic E-state index is 0.208. The number of hydrogen-bond donors (Lipinski definition) is 3. The Kier molecular flexibility index (Phi) is 2.32. The van der Waals surface area contributed by atoms with Gasteiger partial charge < -0.3 is 20.7 Å². The van der Waals surface area contributed by atoms with Crippen molar-refractivity contribution in [3.8, 4) is 0 Å². The molecule has 1 fully saturated rings. The second-order valence-electron chi connectivity index (χ2n) is 4.25. The van der Waals surface area contributed by atoms with Crippen LogP contribution in [-0.4, -0.2) is 44.2 Å². The molecular formula is C10H14N6O. The summed E-state index contributed by atoms with van der Waals surface area (Å²) >= 11 is 0. The number of aliphatic hydroxyl groups is 1. The van der Waals surface area contributed by atoms with Gasteiger partial charge >= 0.3 is 0 Å². The molecule has 3 rings (SSSR count). The molecule has 90 valence electrons. The molecule has 7 heteroatoms. The number of aromatic nitrogens is 4. The number of β-amino-alcohol motifs (C(OH)–C–C–N with tert-alkyl or cyclic N) is 1. The number of nitrogens with one attached hydrogen (secondary N) is 1. The van der Waals surface area contributed by atoms with E-state index >= 15 is 0 Å². The van der Waals surface area contributed by atoms with Crippen LogP contribution in [0.3, 0.4) is 0 Å². The number of nitrogens with zero attached hydrogens (tertiary/aromatic N) is 4. The smallest absolute Gasteiger partial charge is 0.224 e. The van der Waals surface area contributed by atoms with Gasteiger partial charge in [-0.3, -0.25) is 0 Å². The van der Waals surface area contributed by atoms with Crippen molar-refractivity contribution in [3.63, 3.8) is 0 Å². The van der Waals surface area contributed by atoms with E-state index in [1.54, 1.807) is 6.33 Å². The second kappa shape index (κ2) is 3.85. The lowest BCUT2D eigenvalue weighted by Gasteiger charge is -2.31. The van der Waals surface area contributed by atoms with Gasteiger partial charge in [0.25, 0.3) is 0 Å². The number of piperidine rings is 1. The lowest BCUT2D eigenvalue weighted by Crippen LogP contribution is -2.39. The van der Waals surface area contributed by atoms with Crippen molar-refractivity contribution in [2.45, 2.75) is 18.9 Å². The zero-order valence-corrected chi connectivity index (χ0v) is 9.30. The van der Waals surface area contributed by atoms with Gasteiger partial charge in [0, 0.05) is 13.1 Å². The van der Waals surface area contributed by atoms with Crippen LogP contribution in [0.4, 0.5) is 11.8 Å². The van der Waals surface area contributed by atoms with E-state index < -0.39 is 0 Å². The predicted octanol–water partition coefficient (Wildman–Crippen LogP) is -0.104. The van der Waals surface area contributed by atoms with E-state index in [4.69, 9.17) is 5.73 Å². The summed E-state index contributed by atoms with van der Waals surface area (Å²) in [5, 5.41) is 9.69. The lowest BCUT2D eigenvalue weighted by molar-refractivity contribution is 0.154. The highest BCUT2D eigenvalue weighted by molar-refractivity contribution is 5.84. The number of H-pyrrole nitrogens is 1. The van der Waals surface area contributed by atoms with Crippen LogP contribution >= 0.6 is 0 Å². The van der Waals surface area contributed by atoms with Crippen LogP contribution in [-0.2, 0) is 0 Å². The highest BCUT2D eigenvalue weighted by Gasteiger charge is 2.22. The highest BCUT2D eigenvalue weighted by atomic mass is 16.3. The second-order valence-corrected chi connectivity index (χ2v) is 4.25. The van der Waals surface area contributed by atoms with E-state index in [0.29, 0.717) is 12.2 Å². The Morgan fingerprint density at radius 2 is 2.35 bits per heavy atom. The molecule has 4 N–H and O–H groups in total. The van der Waals surface area contributed by atoms with E-state index in [2.05, 4.69) is 19.9 Å². The summed E-state index contributed by atoms with van der Waals surface area (Å²) in [7, 11) is 0. The molecule has 1 atom stereocenters. The van der Waals surface area contributed by atoms with E-state index in [0.717, 1.165) is 30.7 Å². The van der Waals surface area contributed by atoms with Crippen molar-refractivity contribution in [1.29, 1.82) is 0 Å². The Morgan fingerprint density at radius 1 is 1.47 bits per heavy atom. The molecule has 3 heterocycles. The topological polar surface area (TPSA) is 104 Å². The van der Waals surface area contributed by atoms with Crippen LogP contribution in [0, 0.1) is 0 Å². The standard InChI is InChI=1S/C10H14N6O/c11-10-14-8-7(12-5-13-8)9(15-10)16-3-1-2-6(17)4-16/h5-6,17H,1-4H2,(H3,11,12,13,14,15). The number of aromatic amines is 1. The Morgan fingerprint density at radius 3 is 3.18 bits per heavy atom. The average molecular weight is 234 g/mol. The maximum atomic E-state index is 9.69. The summed E-state index contributed by atoms with van der Waals surface area (Å²) in [6, 6.07) is 0. The van der Waals surface area contributed by atoms with Crippen molar-refractivity contribution in [2.24, 2.45) is 0 Å². The molecule has 2 aromatic rings. The summed E-state index contributed by atoms with van der Waals surface area (Å²) in [5.74, 6) is 0.934. The molecule has 0 spiro atoms. The minimum Gasteiger partial charge on any atom is -0.391 e. The SMILES string of the molecule is Nc1nc(N2CCCC(O)C2)c2[nH]cnc2n1. The van der Waals surface area contributed by atoms with Gasteiger partial charge in [-0.1, -0.05) is 0 Å². The Labute approximate surface area is 97.7 Å². The molecular weight excluding hydrogens is 220 g/mol. The highest BCUT2D eigenvalue weighted by Crippen LogP contribution is 2.24. The van der Waals surface area contributed by atoms with Gasteiger partial charge in [-0.05, 0) is 12.8 Å². The first kappa shape index (κ1) is 10.3. The van der Waals surface area contributed by atoms with E-state index in [9.17, 15) is 5.11 Å². The van der Waals surface area contributed by atoms with Crippen molar-refractivity contribution in [2.75, 3.05) is 23.7 Å². The number of fused-ring (bicyclic) bond motifs is 1. The first-order chi connectivity index (χ1) is 8.24. The Balaban J connectivity index is 2.06. The van der Waals surface area contributed by atoms with Gasteiger partial charge in [0.2, 0.25) is 5.95 Å². The van der Waals surface area contributed by atoms with Gasteiger partial charge in [-0.25, -0.2) is 4.98 Å². The number of anilines is 2. The molecule has 2 aromatic heterocycles. The summed E-state index contributed by atoms with van der Waals surface area (Å²) in [6.07, 6.45) is 3.05. The number of imidazole rings is 1. The normalized spacial score (nSPS) is 21.0. The number of rotatable bonds is 1. The summed E-state index contributed by atoms with van der Waals surface area (Å²) in [4.78, 5) is 17.4. The quantitative estimate of drug-likeness (QED) is 0.636. The van der Waals surface area contributed by atoms with Crippen LogP contribution in [0.15, 0.2) is 6.33 Å². The van der Waals surface area contributed by atoms with Crippen LogP contribution in [0.5, 0.6) is 0 Å². The van der Waals surface area contributed by atoms with Gasteiger partial charge in [0.05, 0.1) is 12.4 Å². The first-order valence-electron chi connectivity index (χ1n) is 5.63. The number of nitrogens with two attached hydrogens (primary N) is 1. The van der Waals surface area contributed by atoms with Crippen molar-refractivity contribution in [1.82, 2.24) is 19.9 Å². The van der Waals surface area contributed by atoms with Gasteiger partial charge in [-0.2, -0.15) is 9.97 Å². The maximum Gasteiger partial charge on any atom is 0.224 e. The zero-order valence-electron chi connectivity index (χ0n) is 9.30. The molecule has 1 aliphatic heterocycles. The number of hydrogen-bond acceptors (Lipinski definition) is 6.